The molecule has 2 heterocycles. The van der Waals surface area contributed by atoms with Crippen LogP contribution in [0.1, 0.15) is 23.9 Å². The van der Waals surface area contributed by atoms with E-state index in [2.05, 4.69) is 53.8 Å². The minimum absolute atomic E-state index is 0.405. The van der Waals surface area contributed by atoms with Crippen molar-refractivity contribution in [1.82, 2.24) is 19.1 Å². The van der Waals surface area contributed by atoms with Gasteiger partial charge in [-0.15, -0.1) is 0 Å². The molecule has 3 rings (SSSR count). The topological polar surface area (TPSA) is 75.9 Å². The van der Waals surface area contributed by atoms with Crippen molar-refractivity contribution in [2.45, 2.75) is 27.3 Å². The van der Waals surface area contributed by atoms with Gasteiger partial charge in [0.2, 0.25) is 0 Å². The lowest BCUT2D eigenvalue weighted by Gasteiger charge is -2.23. The molecule has 25 heavy (non-hydrogen) atoms. The van der Waals surface area contributed by atoms with Crippen LogP contribution in [0.25, 0.3) is 11.2 Å². The van der Waals surface area contributed by atoms with Gasteiger partial charge in [-0.05, 0) is 44.0 Å². The number of nitrogens with zero attached hydrogens (tertiary/aromatic N) is 4. The van der Waals surface area contributed by atoms with Crippen molar-refractivity contribution < 1.29 is 0 Å². The zero-order valence-corrected chi connectivity index (χ0v) is 15.3. The Kier molecular flexibility index (Phi) is 4.24. The number of hydrogen-bond acceptors (Lipinski definition) is 4. The zero-order valence-electron chi connectivity index (χ0n) is 15.3. The van der Waals surface area contributed by atoms with Gasteiger partial charge < -0.3 is 9.47 Å². The van der Waals surface area contributed by atoms with Gasteiger partial charge in [0.15, 0.2) is 11.2 Å². The second kappa shape index (κ2) is 6.23. The van der Waals surface area contributed by atoms with Gasteiger partial charge >= 0.3 is 5.69 Å². The van der Waals surface area contributed by atoms with Gasteiger partial charge in [0.1, 0.15) is 5.82 Å². The van der Waals surface area contributed by atoms with Crippen LogP contribution in [0.5, 0.6) is 0 Å². The molecule has 0 amide bonds. The van der Waals surface area contributed by atoms with E-state index in [-0.39, 0.29) is 0 Å². The number of aromatic nitrogens is 4. The number of anilines is 1. The summed E-state index contributed by atoms with van der Waals surface area (Å²) in [6.45, 7) is 7.60. The van der Waals surface area contributed by atoms with Crippen molar-refractivity contribution in [3.63, 3.8) is 0 Å². The molecule has 1 N–H and O–H groups in total. The molecule has 0 saturated carbocycles. The fourth-order valence-electron chi connectivity index (χ4n) is 3.18. The molecule has 0 atom stereocenters. The summed E-state index contributed by atoms with van der Waals surface area (Å²) in [6.07, 6.45) is 0. The molecule has 0 bridgehead atoms. The molecule has 7 nitrogen and oxygen atoms in total. The van der Waals surface area contributed by atoms with E-state index >= 15 is 0 Å². The summed E-state index contributed by atoms with van der Waals surface area (Å²) in [5.74, 6) is 0.739. The quantitative estimate of drug-likeness (QED) is 0.782. The number of aromatic amines is 1. The largest absolute Gasteiger partial charge is 0.364 e. The van der Waals surface area contributed by atoms with E-state index in [1.165, 1.54) is 15.7 Å². The first-order valence-electron chi connectivity index (χ1n) is 8.29. The third kappa shape index (κ3) is 2.97. The Bertz CT molecular complexity index is 1040. The van der Waals surface area contributed by atoms with E-state index in [4.69, 9.17) is 0 Å². The van der Waals surface area contributed by atoms with Crippen molar-refractivity contribution in [2.24, 2.45) is 14.1 Å². The molecule has 0 aliphatic rings. The summed E-state index contributed by atoms with van der Waals surface area (Å²) < 4.78 is 3.13. The maximum absolute atomic E-state index is 12.2. The number of rotatable bonds is 4. The van der Waals surface area contributed by atoms with E-state index in [1.54, 1.807) is 18.7 Å². The fourth-order valence-corrected chi connectivity index (χ4v) is 3.18. The van der Waals surface area contributed by atoms with Gasteiger partial charge in [0.25, 0.3) is 5.56 Å². The summed E-state index contributed by atoms with van der Waals surface area (Å²) in [6, 6.07) is 6.42. The van der Waals surface area contributed by atoms with Gasteiger partial charge in [-0.3, -0.25) is 14.3 Å². The molecule has 132 valence electrons. The number of hydrogen-bond donors (Lipinski definition) is 1. The maximum Gasteiger partial charge on any atom is 0.329 e. The predicted molar refractivity (Wildman–Crippen MR) is 99.2 cm³/mol. The lowest BCUT2D eigenvalue weighted by Crippen LogP contribution is -2.29. The normalized spacial score (nSPS) is 11.2. The Labute approximate surface area is 145 Å². The van der Waals surface area contributed by atoms with Crippen LogP contribution in [0.4, 0.5) is 5.69 Å². The third-order valence-electron chi connectivity index (χ3n) is 4.51. The molecule has 0 saturated heterocycles. The number of fused-ring (bicyclic) bond motifs is 1. The molecule has 1 aromatic carbocycles. The van der Waals surface area contributed by atoms with Crippen LogP contribution in [0.3, 0.4) is 0 Å². The SMILES string of the molecule is CCN(Cc1nc2c(c(=O)[nH]c(=O)n2C)n1C)c1cc(C)cc(C)c1. The number of H-pyrrole nitrogens is 1. The number of imidazole rings is 1. The van der Waals surface area contributed by atoms with Crippen molar-refractivity contribution in [2.75, 3.05) is 11.4 Å². The van der Waals surface area contributed by atoms with Crippen LogP contribution >= 0.6 is 0 Å². The van der Waals surface area contributed by atoms with Crippen LogP contribution in [-0.4, -0.2) is 25.6 Å². The molecule has 3 aromatic rings. The van der Waals surface area contributed by atoms with E-state index < -0.39 is 11.2 Å². The van der Waals surface area contributed by atoms with Crippen LogP contribution < -0.4 is 16.1 Å². The van der Waals surface area contributed by atoms with Gasteiger partial charge in [0.05, 0.1) is 6.54 Å². The molecule has 0 fully saturated rings. The lowest BCUT2D eigenvalue weighted by molar-refractivity contribution is 0.738. The summed E-state index contributed by atoms with van der Waals surface area (Å²) >= 11 is 0. The standard InChI is InChI=1S/C18H23N5O2/c1-6-23(13-8-11(2)7-12(3)9-13)10-14-19-16-15(21(14)4)17(24)20-18(25)22(16)5/h7-9H,6,10H2,1-5H3,(H,20,24,25). The minimum Gasteiger partial charge on any atom is -0.364 e. The highest BCUT2D eigenvalue weighted by molar-refractivity contribution is 5.70. The summed E-state index contributed by atoms with van der Waals surface area (Å²) in [4.78, 5) is 33.0. The Balaban J connectivity index is 2.09. The molecular weight excluding hydrogens is 318 g/mol. The van der Waals surface area contributed by atoms with Gasteiger partial charge in [-0.1, -0.05) is 6.07 Å². The second-order valence-corrected chi connectivity index (χ2v) is 6.44. The molecule has 2 aromatic heterocycles. The van der Waals surface area contributed by atoms with Crippen LogP contribution in [0.2, 0.25) is 0 Å². The third-order valence-corrected chi connectivity index (χ3v) is 4.51. The lowest BCUT2D eigenvalue weighted by atomic mass is 10.1. The maximum atomic E-state index is 12.2. The molecule has 0 unspecified atom stereocenters. The zero-order chi connectivity index (χ0) is 18.3. The molecule has 0 spiro atoms. The fraction of sp³-hybridized carbons (Fsp3) is 0.389. The first-order chi connectivity index (χ1) is 11.8. The molecule has 7 heteroatoms. The van der Waals surface area contributed by atoms with E-state index in [1.807, 2.05) is 0 Å². The van der Waals surface area contributed by atoms with Gasteiger partial charge in [-0.2, -0.15) is 0 Å². The molecule has 0 aliphatic heterocycles. The van der Waals surface area contributed by atoms with E-state index in [0.29, 0.717) is 17.7 Å². The number of nitrogens with one attached hydrogen (secondary N) is 1. The Morgan fingerprint density at radius 1 is 1.08 bits per heavy atom. The smallest absolute Gasteiger partial charge is 0.329 e. The monoisotopic (exact) mass is 341 g/mol. The van der Waals surface area contributed by atoms with Gasteiger partial charge in [-0.25, -0.2) is 9.78 Å². The Morgan fingerprint density at radius 2 is 1.72 bits per heavy atom. The average Bonchev–Trinajstić information content (AvgIpc) is 2.86. The van der Waals surface area contributed by atoms with Crippen LogP contribution in [-0.2, 0) is 20.6 Å². The molecule has 0 aliphatic carbocycles. The van der Waals surface area contributed by atoms with Crippen LogP contribution in [0, 0.1) is 13.8 Å². The summed E-state index contributed by atoms with van der Waals surface area (Å²) in [5.41, 5.74) is 3.48. The van der Waals surface area contributed by atoms with Crippen LogP contribution in [0.15, 0.2) is 27.8 Å². The Hall–Kier alpha value is -2.83. The van der Waals surface area contributed by atoms with Crippen molar-refractivity contribution in [3.8, 4) is 0 Å². The highest BCUT2D eigenvalue weighted by Crippen LogP contribution is 2.21. The molecule has 0 radical (unpaired) electrons. The van der Waals surface area contributed by atoms with Gasteiger partial charge in [0, 0.05) is 26.3 Å². The van der Waals surface area contributed by atoms with E-state index in [9.17, 15) is 9.59 Å². The average molecular weight is 341 g/mol. The number of aryl methyl sites for hydroxylation is 4. The van der Waals surface area contributed by atoms with Crippen molar-refractivity contribution >= 4 is 16.9 Å². The summed E-state index contributed by atoms with van der Waals surface area (Å²) in [7, 11) is 3.42. The predicted octanol–water partition coefficient (Wildman–Crippen LogP) is 1.60. The summed E-state index contributed by atoms with van der Waals surface area (Å²) in [5, 5.41) is 0. The highest BCUT2D eigenvalue weighted by atomic mass is 16.2. The minimum atomic E-state index is -0.455. The second-order valence-electron chi connectivity index (χ2n) is 6.44. The Morgan fingerprint density at radius 3 is 2.32 bits per heavy atom. The first-order valence-corrected chi connectivity index (χ1v) is 8.29. The highest BCUT2D eigenvalue weighted by Gasteiger charge is 2.17. The number of benzene rings is 1. The van der Waals surface area contributed by atoms with E-state index in [0.717, 1.165) is 18.1 Å². The van der Waals surface area contributed by atoms with Crippen molar-refractivity contribution in [1.29, 1.82) is 0 Å². The van der Waals surface area contributed by atoms with Crippen molar-refractivity contribution in [3.05, 3.63) is 56.0 Å². The first kappa shape index (κ1) is 17.0. The molecular formula is C18H23N5O2.